The molecule has 0 saturated heterocycles. The number of hydrogen-bond acceptors (Lipinski definition) is 6. The van der Waals surface area contributed by atoms with E-state index in [4.69, 9.17) is 11.6 Å². The second-order valence-electron chi connectivity index (χ2n) is 4.05. The number of phenols is 1. The van der Waals surface area contributed by atoms with Gasteiger partial charge in [-0.25, -0.2) is 5.43 Å². The molecule has 8 nitrogen and oxygen atoms in total. The minimum atomic E-state index is -0.770. The molecular formula is C13H9ClN4O4. The highest BCUT2D eigenvalue weighted by atomic mass is 35.5. The van der Waals surface area contributed by atoms with E-state index in [1.165, 1.54) is 30.6 Å². The van der Waals surface area contributed by atoms with Gasteiger partial charge in [0.05, 0.1) is 11.1 Å². The lowest BCUT2D eigenvalue weighted by Crippen LogP contribution is -2.17. The van der Waals surface area contributed by atoms with E-state index in [1.807, 2.05) is 0 Å². The van der Waals surface area contributed by atoms with Gasteiger partial charge in [-0.3, -0.25) is 19.9 Å². The van der Waals surface area contributed by atoms with Crippen LogP contribution in [0, 0.1) is 10.1 Å². The third kappa shape index (κ3) is 3.55. The summed E-state index contributed by atoms with van der Waals surface area (Å²) in [5.41, 5.74) is 2.02. The Bertz CT molecular complexity index is 749. The van der Waals surface area contributed by atoms with E-state index in [0.29, 0.717) is 5.56 Å². The first kappa shape index (κ1) is 15.4. The molecule has 2 aromatic rings. The van der Waals surface area contributed by atoms with Crippen LogP contribution in [0.2, 0.25) is 5.02 Å². The highest BCUT2D eigenvalue weighted by Crippen LogP contribution is 2.32. The maximum atomic E-state index is 11.7. The summed E-state index contributed by atoms with van der Waals surface area (Å²) >= 11 is 5.73. The monoisotopic (exact) mass is 320 g/mol. The second kappa shape index (κ2) is 6.64. The van der Waals surface area contributed by atoms with Crippen molar-refractivity contribution in [2.24, 2.45) is 5.10 Å². The Morgan fingerprint density at radius 3 is 2.73 bits per heavy atom. The number of amides is 1. The van der Waals surface area contributed by atoms with Crippen molar-refractivity contribution >= 4 is 29.4 Å². The van der Waals surface area contributed by atoms with Gasteiger partial charge in [0.25, 0.3) is 5.91 Å². The summed E-state index contributed by atoms with van der Waals surface area (Å²) in [4.78, 5) is 25.5. The Labute approximate surface area is 129 Å². The Kier molecular flexibility index (Phi) is 4.64. The first-order valence-corrected chi connectivity index (χ1v) is 6.27. The van der Waals surface area contributed by atoms with Crippen molar-refractivity contribution in [1.82, 2.24) is 10.4 Å². The van der Waals surface area contributed by atoms with E-state index in [-0.39, 0.29) is 10.6 Å². The minimum Gasteiger partial charge on any atom is -0.502 e. The van der Waals surface area contributed by atoms with E-state index in [0.717, 1.165) is 12.3 Å². The molecule has 9 heteroatoms. The van der Waals surface area contributed by atoms with E-state index in [1.54, 1.807) is 0 Å². The second-order valence-corrected chi connectivity index (χ2v) is 4.49. The van der Waals surface area contributed by atoms with Crippen LogP contribution in [-0.2, 0) is 0 Å². The third-order valence-corrected chi connectivity index (χ3v) is 2.81. The molecule has 1 heterocycles. The van der Waals surface area contributed by atoms with Crippen LogP contribution in [0.5, 0.6) is 5.75 Å². The van der Waals surface area contributed by atoms with E-state index >= 15 is 0 Å². The number of rotatable bonds is 4. The van der Waals surface area contributed by atoms with Crippen LogP contribution in [0.3, 0.4) is 0 Å². The number of nitro groups is 1. The summed E-state index contributed by atoms with van der Waals surface area (Å²) in [6, 6.07) is 5.29. The molecule has 1 aromatic carbocycles. The van der Waals surface area contributed by atoms with Crippen LogP contribution in [0.25, 0.3) is 0 Å². The van der Waals surface area contributed by atoms with Crippen LogP contribution in [0.1, 0.15) is 15.9 Å². The highest BCUT2D eigenvalue weighted by molar-refractivity contribution is 6.31. The summed E-state index contributed by atoms with van der Waals surface area (Å²) in [5.74, 6) is -1.08. The molecule has 0 saturated carbocycles. The summed E-state index contributed by atoms with van der Waals surface area (Å²) in [6.45, 7) is 0. The van der Waals surface area contributed by atoms with Crippen LogP contribution in [0.4, 0.5) is 5.69 Å². The maximum Gasteiger partial charge on any atom is 0.312 e. The number of phenolic OH excluding ortho intramolecular Hbond substituents is 1. The quantitative estimate of drug-likeness (QED) is 0.508. The molecule has 0 radical (unpaired) electrons. The summed E-state index contributed by atoms with van der Waals surface area (Å²) in [7, 11) is 0. The molecule has 0 atom stereocenters. The van der Waals surface area contributed by atoms with Crippen molar-refractivity contribution in [3.8, 4) is 5.75 Å². The van der Waals surface area contributed by atoms with Gasteiger partial charge in [0, 0.05) is 34.6 Å². The number of carbonyl (C=O) groups is 1. The van der Waals surface area contributed by atoms with Crippen molar-refractivity contribution in [2.75, 3.05) is 0 Å². The lowest BCUT2D eigenvalue weighted by Gasteiger charge is -2.02. The molecule has 0 aliphatic heterocycles. The number of hydrazone groups is 1. The first-order valence-electron chi connectivity index (χ1n) is 5.89. The van der Waals surface area contributed by atoms with Crippen molar-refractivity contribution in [1.29, 1.82) is 0 Å². The largest absolute Gasteiger partial charge is 0.502 e. The molecule has 2 rings (SSSR count). The number of carbonyl (C=O) groups excluding carboxylic acids is 1. The van der Waals surface area contributed by atoms with Crippen LogP contribution in [-0.4, -0.2) is 27.1 Å². The SMILES string of the molecule is O=C(NN=Cc1cc(Cl)cc([N+](=O)[O-])c1O)c1ccncc1. The summed E-state index contributed by atoms with van der Waals surface area (Å²) in [6.07, 6.45) is 3.96. The van der Waals surface area contributed by atoms with Gasteiger partial charge in [0.2, 0.25) is 5.75 Å². The Morgan fingerprint density at radius 2 is 2.09 bits per heavy atom. The average molecular weight is 321 g/mol. The number of aromatic nitrogens is 1. The molecule has 0 bridgehead atoms. The molecular weight excluding hydrogens is 312 g/mol. The van der Waals surface area contributed by atoms with Gasteiger partial charge in [-0.2, -0.15) is 5.10 Å². The third-order valence-electron chi connectivity index (χ3n) is 2.59. The van der Waals surface area contributed by atoms with E-state index < -0.39 is 22.3 Å². The summed E-state index contributed by atoms with van der Waals surface area (Å²) in [5, 5.41) is 24.2. The number of aromatic hydroxyl groups is 1. The topological polar surface area (TPSA) is 118 Å². The van der Waals surface area contributed by atoms with Crippen molar-refractivity contribution in [3.63, 3.8) is 0 Å². The normalized spacial score (nSPS) is 10.6. The number of nitrogens with one attached hydrogen (secondary N) is 1. The average Bonchev–Trinajstić information content (AvgIpc) is 2.50. The van der Waals surface area contributed by atoms with Gasteiger partial charge < -0.3 is 5.11 Å². The molecule has 1 amide bonds. The number of pyridine rings is 1. The van der Waals surface area contributed by atoms with Crippen molar-refractivity contribution in [2.45, 2.75) is 0 Å². The first-order chi connectivity index (χ1) is 10.5. The van der Waals surface area contributed by atoms with Crippen LogP contribution in [0.15, 0.2) is 41.8 Å². The molecule has 0 fully saturated rings. The van der Waals surface area contributed by atoms with Gasteiger partial charge in [-0.15, -0.1) is 0 Å². The maximum absolute atomic E-state index is 11.7. The van der Waals surface area contributed by atoms with Gasteiger partial charge in [-0.05, 0) is 18.2 Å². The van der Waals surface area contributed by atoms with E-state index in [2.05, 4.69) is 15.5 Å². The molecule has 0 spiro atoms. The van der Waals surface area contributed by atoms with Crippen LogP contribution < -0.4 is 5.43 Å². The molecule has 1 aromatic heterocycles. The van der Waals surface area contributed by atoms with Crippen molar-refractivity contribution in [3.05, 3.63) is 62.9 Å². The fourth-order valence-corrected chi connectivity index (χ4v) is 1.79. The number of nitrogens with zero attached hydrogens (tertiary/aromatic N) is 3. The zero-order valence-corrected chi connectivity index (χ0v) is 11.7. The molecule has 112 valence electrons. The number of benzene rings is 1. The van der Waals surface area contributed by atoms with Crippen LogP contribution >= 0.6 is 11.6 Å². The standard InChI is InChI=1S/C13H9ClN4O4/c14-10-5-9(12(19)11(6-10)18(21)22)7-16-17-13(20)8-1-3-15-4-2-8/h1-7,19H,(H,17,20). The number of hydrogen-bond donors (Lipinski definition) is 2. The van der Waals surface area contributed by atoms with E-state index in [9.17, 15) is 20.0 Å². The zero-order chi connectivity index (χ0) is 16.1. The van der Waals surface area contributed by atoms with Gasteiger partial charge >= 0.3 is 5.69 Å². The number of halogens is 1. The minimum absolute atomic E-state index is 0.00854. The Balaban J connectivity index is 2.17. The fourth-order valence-electron chi connectivity index (χ4n) is 1.57. The molecule has 0 aliphatic rings. The predicted molar refractivity (Wildman–Crippen MR) is 79.1 cm³/mol. The molecule has 22 heavy (non-hydrogen) atoms. The lowest BCUT2D eigenvalue weighted by molar-refractivity contribution is -0.385. The highest BCUT2D eigenvalue weighted by Gasteiger charge is 2.17. The smallest absolute Gasteiger partial charge is 0.312 e. The number of nitro benzene ring substituents is 1. The fraction of sp³-hybridized carbons (Fsp3) is 0. The van der Waals surface area contributed by atoms with Crippen molar-refractivity contribution < 1.29 is 14.8 Å². The molecule has 0 unspecified atom stereocenters. The van der Waals surface area contributed by atoms with Gasteiger partial charge in [0.15, 0.2) is 0 Å². The molecule has 0 aliphatic carbocycles. The Morgan fingerprint density at radius 1 is 1.41 bits per heavy atom. The summed E-state index contributed by atoms with van der Waals surface area (Å²) < 4.78 is 0. The predicted octanol–water partition coefficient (Wildman–Crippen LogP) is 2.11. The molecule has 2 N–H and O–H groups in total. The lowest BCUT2D eigenvalue weighted by atomic mass is 10.2. The van der Waals surface area contributed by atoms with Gasteiger partial charge in [0.1, 0.15) is 0 Å². The Hall–Kier alpha value is -3.00. The van der Waals surface area contributed by atoms with Gasteiger partial charge in [-0.1, -0.05) is 11.6 Å². The zero-order valence-electron chi connectivity index (χ0n) is 10.9.